The first-order valence-corrected chi connectivity index (χ1v) is 13.7. The van der Waals surface area contributed by atoms with Crippen LogP contribution in [0.3, 0.4) is 0 Å². The van der Waals surface area contributed by atoms with Gasteiger partial charge in [0.1, 0.15) is 16.9 Å². The van der Waals surface area contributed by atoms with E-state index < -0.39 is 5.60 Å². The van der Waals surface area contributed by atoms with E-state index in [4.69, 9.17) is 14.2 Å². The normalized spacial score (nSPS) is 13.8. The van der Waals surface area contributed by atoms with Gasteiger partial charge in [-0.25, -0.2) is 9.78 Å². The summed E-state index contributed by atoms with van der Waals surface area (Å²) < 4.78 is 19.6. The third kappa shape index (κ3) is 5.70. The van der Waals surface area contributed by atoms with Crippen LogP contribution in [-0.4, -0.2) is 70.2 Å². The van der Waals surface area contributed by atoms with Crippen molar-refractivity contribution < 1.29 is 23.8 Å². The lowest BCUT2D eigenvalue weighted by molar-refractivity contribution is 0.0140. The first kappa shape index (κ1) is 28.0. The fraction of sp³-hybridized carbons (Fsp3) is 0.344. The van der Waals surface area contributed by atoms with E-state index in [0.717, 1.165) is 22.3 Å². The van der Waals surface area contributed by atoms with E-state index in [1.165, 1.54) is 0 Å². The first-order chi connectivity index (χ1) is 19.6. The lowest BCUT2D eigenvalue weighted by Gasteiger charge is -2.35. The number of carbonyl (C=O) groups is 2. The molecule has 1 aliphatic rings. The summed E-state index contributed by atoms with van der Waals surface area (Å²) >= 11 is 0. The maximum atomic E-state index is 14.3. The van der Waals surface area contributed by atoms with Crippen LogP contribution in [0.5, 0.6) is 17.5 Å². The highest BCUT2D eigenvalue weighted by Gasteiger charge is 2.33. The van der Waals surface area contributed by atoms with Crippen LogP contribution >= 0.6 is 0 Å². The smallest absolute Gasteiger partial charge is 0.410 e. The Morgan fingerprint density at radius 3 is 2.12 bits per heavy atom. The number of hydrogen-bond acceptors (Lipinski definition) is 6. The Morgan fingerprint density at radius 2 is 1.51 bits per heavy atom. The monoisotopic (exact) mass is 556 g/mol. The maximum Gasteiger partial charge on any atom is 0.410 e. The van der Waals surface area contributed by atoms with Crippen LogP contribution in [0, 0.1) is 13.8 Å². The van der Waals surface area contributed by atoms with Crippen molar-refractivity contribution in [3.8, 4) is 23.2 Å². The van der Waals surface area contributed by atoms with Crippen molar-refractivity contribution in [1.82, 2.24) is 19.4 Å². The predicted octanol–water partition coefficient (Wildman–Crippen LogP) is 6.14. The zero-order valence-electron chi connectivity index (χ0n) is 24.4. The standard InChI is InChI=1S/C32H36N4O5/c1-21-11-10-12-22(2)28(21)40-30-27(29(37)34-15-17-35(18-16-34)31(38)41-32(3,4)5)24-20-33-26(39-6)19-25(24)36(30)23-13-8-7-9-14-23/h7-14,19-20H,15-18H2,1-6H3. The van der Waals surface area contributed by atoms with Gasteiger partial charge in [0.2, 0.25) is 11.8 Å². The van der Waals surface area contributed by atoms with E-state index in [9.17, 15) is 9.59 Å². The summed E-state index contributed by atoms with van der Waals surface area (Å²) in [5.74, 6) is 1.33. The number of rotatable bonds is 5. The number of pyridine rings is 1. The molecule has 3 heterocycles. The van der Waals surface area contributed by atoms with Gasteiger partial charge in [-0.2, -0.15) is 0 Å². The summed E-state index contributed by atoms with van der Waals surface area (Å²) in [5, 5.41) is 0.649. The molecule has 2 aromatic heterocycles. The summed E-state index contributed by atoms with van der Waals surface area (Å²) in [7, 11) is 1.56. The molecule has 1 saturated heterocycles. The van der Waals surface area contributed by atoms with Gasteiger partial charge in [0.05, 0.1) is 12.6 Å². The minimum Gasteiger partial charge on any atom is -0.481 e. The third-order valence-electron chi connectivity index (χ3n) is 7.05. The molecule has 9 nitrogen and oxygen atoms in total. The number of methoxy groups -OCH3 is 1. The van der Waals surface area contributed by atoms with Crippen LogP contribution in [0.4, 0.5) is 4.79 Å². The Balaban J connectivity index is 1.61. The highest BCUT2D eigenvalue weighted by molar-refractivity contribution is 6.10. The molecule has 0 saturated carbocycles. The highest BCUT2D eigenvalue weighted by atomic mass is 16.6. The van der Waals surface area contributed by atoms with E-state index in [1.807, 2.05) is 93.8 Å². The SMILES string of the molecule is COc1cc2c(cn1)c(C(=O)N1CCN(C(=O)OC(C)(C)C)CC1)c(Oc1c(C)cccc1C)n2-c1ccccc1. The van der Waals surface area contributed by atoms with E-state index >= 15 is 0 Å². The zero-order valence-corrected chi connectivity index (χ0v) is 24.4. The van der Waals surface area contributed by atoms with Crippen LogP contribution in [0.25, 0.3) is 16.6 Å². The number of carbonyl (C=O) groups excluding carboxylic acids is 2. The Labute approximate surface area is 240 Å². The lowest BCUT2D eigenvalue weighted by Crippen LogP contribution is -2.51. The maximum absolute atomic E-state index is 14.3. The number of aromatic nitrogens is 2. The molecule has 5 rings (SSSR count). The van der Waals surface area contributed by atoms with Crippen LogP contribution < -0.4 is 9.47 Å². The number of amides is 2. The van der Waals surface area contributed by atoms with Crippen molar-refractivity contribution in [2.75, 3.05) is 33.3 Å². The van der Waals surface area contributed by atoms with Gasteiger partial charge < -0.3 is 24.0 Å². The lowest BCUT2D eigenvalue weighted by atomic mass is 10.1. The van der Waals surface area contributed by atoms with Crippen LogP contribution in [0.1, 0.15) is 42.3 Å². The Hall–Kier alpha value is -4.53. The minimum absolute atomic E-state index is 0.193. The molecular formula is C32H36N4O5. The number of benzene rings is 2. The Kier molecular flexibility index (Phi) is 7.62. The molecule has 2 aromatic carbocycles. The second-order valence-electron chi connectivity index (χ2n) is 11.2. The van der Waals surface area contributed by atoms with Crippen molar-refractivity contribution >= 4 is 22.9 Å². The molecule has 0 radical (unpaired) electrons. The van der Waals surface area contributed by atoms with E-state index in [1.54, 1.807) is 23.1 Å². The van der Waals surface area contributed by atoms with Crippen molar-refractivity contribution in [2.45, 2.75) is 40.2 Å². The largest absolute Gasteiger partial charge is 0.481 e. The minimum atomic E-state index is -0.586. The average molecular weight is 557 g/mol. The van der Waals surface area contributed by atoms with E-state index in [2.05, 4.69) is 4.98 Å². The topological polar surface area (TPSA) is 86.1 Å². The molecule has 0 spiro atoms. The zero-order chi connectivity index (χ0) is 29.3. The molecule has 41 heavy (non-hydrogen) atoms. The van der Waals surface area contributed by atoms with E-state index in [-0.39, 0.29) is 12.0 Å². The van der Waals surface area contributed by atoms with Crippen molar-refractivity contribution in [1.29, 1.82) is 0 Å². The Bertz CT molecular complexity index is 1560. The molecule has 9 heteroatoms. The van der Waals surface area contributed by atoms with Crippen LogP contribution in [0.2, 0.25) is 0 Å². The first-order valence-electron chi connectivity index (χ1n) is 13.7. The number of fused-ring (bicyclic) bond motifs is 1. The summed E-state index contributed by atoms with van der Waals surface area (Å²) in [6.45, 7) is 11.0. The Morgan fingerprint density at radius 1 is 0.878 bits per heavy atom. The van der Waals surface area contributed by atoms with Crippen molar-refractivity contribution in [3.63, 3.8) is 0 Å². The molecule has 214 valence electrons. The van der Waals surface area contributed by atoms with E-state index in [0.29, 0.717) is 54.6 Å². The second kappa shape index (κ2) is 11.2. The van der Waals surface area contributed by atoms with Gasteiger partial charge in [0.15, 0.2) is 0 Å². The molecule has 0 atom stereocenters. The number of ether oxygens (including phenoxy) is 3. The van der Waals surface area contributed by atoms with Gasteiger partial charge in [0, 0.05) is 49.5 Å². The second-order valence-corrected chi connectivity index (χ2v) is 11.2. The van der Waals surface area contributed by atoms with Gasteiger partial charge in [-0.1, -0.05) is 36.4 Å². The van der Waals surface area contributed by atoms with Crippen LogP contribution in [-0.2, 0) is 4.74 Å². The van der Waals surface area contributed by atoms with Gasteiger partial charge in [-0.3, -0.25) is 9.36 Å². The van der Waals surface area contributed by atoms with Gasteiger partial charge in [-0.15, -0.1) is 0 Å². The molecule has 4 aromatic rings. The molecule has 1 fully saturated rings. The third-order valence-corrected chi connectivity index (χ3v) is 7.05. The summed E-state index contributed by atoms with van der Waals surface area (Å²) in [6.07, 6.45) is 1.29. The highest BCUT2D eigenvalue weighted by Crippen LogP contribution is 2.41. The van der Waals surface area contributed by atoms with Crippen LogP contribution in [0.15, 0.2) is 60.8 Å². The summed E-state index contributed by atoms with van der Waals surface area (Å²) in [4.78, 5) is 34.8. The number of hydrogen-bond donors (Lipinski definition) is 0. The number of piperazine rings is 1. The average Bonchev–Trinajstić information content (AvgIpc) is 3.27. The molecular weight excluding hydrogens is 520 g/mol. The number of aryl methyl sites for hydroxylation is 2. The van der Waals surface area contributed by atoms with Gasteiger partial charge >= 0.3 is 6.09 Å². The molecule has 0 unspecified atom stereocenters. The molecule has 0 N–H and O–H groups in total. The van der Waals surface area contributed by atoms with Gasteiger partial charge in [-0.05, 0) is 57.9 Å². The number of nitrogens with zero attached hydrogens (tertiary/aromatic N) is 4. The van der Waals surface area contributed by atoms with Crippen molar-refractivity contribution in [3.05, 3.63) is 77.5 Å². The summed E-state index contributed by atoms with van der Waals surface area (Å²) in [5.41, 5.74) is 3.30. The van der Waals surface area contributed by atoms with Crippen molar-refractivity contribution in [2.24, 2.45) is 0 Å². The quantitative estimate of drug-likeness (QED) is 0.294. The molecule has 1 aliphatic heterocycles. The molecule has 0 aliphatic carbocycles. The van der Waals surface area contributed by atoms with Gasteiger partial charge in [0.25, 0.3) is 5.91 Å². The fourth-order valence-electron chi connectivity index (χ4n) is 5.02. The number of para-hydroxylation sites is 2. The molecule has 0 bridgehead atoms. The predicted molar refractivity (Wildman–Crippen MR) is 157 cm³/mol. The summed E-state index contributed by atoms with van der Waals surface area (Å²) in [6, 6.07) is 17.5. The fourth-order valence-corrected chi connectivity index (χ4v) is 5.02. The molecule has 2 amide bonds.